The van der Waals surface area contributed by atoms with Crippen molar-refractivity contribution in [3.63, 3.8) is 0 Å². The first-order valence-electron chi connectivity index (χ1n) is 9.54. The van der Waals surface area contributed by atoms with Crippen molar-refractivity contribution in [1.82, 2.24) is 0 Å². The first-order valence-corrected chi connectivity index (χ1v) is 11.0. The highest BCUT2D eigenvalue weighted by molar-refractivity contribution is 7.49. The van der Waals surface area contributed by atoms with E-state index in [1.807, 2.05) is 24.0 Å². The lowest BCUT2D eigenvalue weighted by atomic mass is 10.2. The van der Waals surface area contributed by atoms with Crippen molar-refractivity contribution < 1.29 is 18.1 Å². The van der Waals surface area contributed by atoms with Crippen molar-refractivity contribution in [2.75, 3.05) is 24.6 Å². The zero-order valence-corrected chi connectivity index (χ0v) is 17.5. The van der Waals surface area contributed by atoms with Gasteiger partial charge in [-0.3, -0.25) is 4.52 Å². The van der Waals surface area contributed by atoms with Crippen LogP contribution in [0.3, 0.4) is 0 Å². The van der Waals surface area contributed by atoms with E-state index in [-0.39, 0.29) is 6.61 Å². The third kappa shape index (κ3) is 6.17. The van der Waals surface area contributed by atoms with E-state index in [2.05, 4.69) is 5.18 Å². The maximum absolute atomic E-state index is 13.3. The molecule has 0 amide bonds. The number of para-hydroxylation sites is 2. The van der Waals surface area contributed by atoms with Gasteiger partial charge in [0.05, 0.1) is 6.61 Å². The van der Waals surface area contributed by atoms with Crippen LogP contribution in [0.2, 0.25) is 0 Å². The molecule has 0 aliphatic carbocycles. The van der Waals surface area contributed by atoms with Crippen molar-refractivity contribution in [3.8, 4) is 11.5 Å². The fraction of sp³-hybridized carbons (Fsp3) is 0.182. The summed E-state index contributed by atoms with van der Waals surface area (Å²) in [5, 5.41) is 2.91. The second kappa shape index (κ2) is 10.6. The summed E-state index contributed by atoms with van der Waals surface area (Å²) in [4.78, 5) is 12.6. The minimum Gasteiger partial charge on any atom is -0.395 e. The molecule has 0 N–H and O–H groups in total. The first-order chi connectivity index (χ1) is 14.6. The zero-order valence-electron chi connectivity index (χ0n) is 16.6. The third-order valence-electron chi connectivity index (χ3n) is 4.23. The number of rotatable bonds is 11. The Kier molecular flexibility index (Phi) is 7.60. The Morgan fingerprint density at radius 2 is 1.37 bits per heavy atom. The number of phosphoric ester groups is 1. The van der Waals surface area contributed by atoms with E-state index in [1.165, 1.54) is 0 Å². The van der Waals surface area contributed by atoms with Gasteiger partial charge >= 0.3 is 7.82 Å². The van der Waals surface area contributed by atoms with Gasteiger partial charge in [-0.1, -0.05) is 36.4 Å². The summed E-state index contributed by atoms with van der Waals surface area (Å²) in [6.45, 7) is 3.25. The summed E-state index contributed by atoms with van der Waals surface area (Å²) in [6, 6.07) is 24.4. The van der Waals surface area contributed by atoms with Crippen LogP contribution in [-0.4, -0.2) is 19.7 Å². The van der Waals surface area contributed by atoms with Crippen LogP contribution in [0, 0.1) is 4.91 Å². The Hall–Kier alpha value is -3.15. The Morgan fingerprint density at radius 3 is 1.83 bits per heavy atom. The number of phosphoric acid groups is 1. The predicted octanol–water partition coefficient (Wildman–Crippen LogP) is 6.19. The van der Waals surface area contributed by atoms with Crippen LogP contribution in [0.5, 0.6) is 11.5 Å². The Labute approximate surface area is 175 Å². The van der Waals surface area contributed by atoms with Gasteiger partial charge in [-0.25, -0.2) is 4.57 Å². The van der Waals surface area contributed by atoms with E-state index in [9.17, 15) is 9.47 Å². The fourth-order valence-electron chi connectivity index (χ4n) is 2.75. The molecule has 0 saturated carbocycles. The lowest BCUT2D eigenvalue weighted by Crippen LogP contribution is -2.27. The van der Waals surface area contributed by atoms with Gasteiger partial charge in [-0.05, 0) is 60.6 Å². The molecule has 0 aromatic heterocycles. The van der Waals surface area contributed by atoms with Crippen molar-refractivity contribution in [1.29, 1.82) is 0 Å². The highest BCUT2D eigenvalue weighted by atomic mass is 31.2. The molecule has 30 heavy (non-hydrogen) atoms. The van der Waals surface area contributed by atoms with Crippen LogP contribution in [0.1, 0.15) is 6.92 Å². The van der Waals surface area contributed by atoms with E-state index in [0.29, 0.717) is 30.3 Å². The maximum Gasteiger partial charge on any atom is 0.587 e. The maximum atomic E-state index is 13.3. The Balaban J connectivity index is 1.68. The molecule has 8 heteroatoms. The van der Waals surface area contributed by atoms with Crippen LogP contribution in [0.15, 0.2) is 90.1 Å². The van der Waals surface area contributed by atoms with E-state index in [1.54, 1.807) is 72.8 Å². The molecule has 7 nitrogen and oxygen atoms in total. The molecule has 0 aliphatic rings. The number of nitroso groups, excluding NO2 is 1. The minimum absolute atomic E-state index is 0.110. The number of benzene rings is 3. The van der Waals surface area contributed by atoms with Gasteiger partial charge in [0.15, 0.2) is 0 Å². The summed E-state index contributed by atoms with van der Waals surface area (Å²) in [5.41, 5.74) is 1.26. The van der Waals surface area contributed by atoms with Crippen molar-refractivity contribution in [3.05, 3.63) is 89.8 Å². The summed E-state index contributed by atoms with van der Waals surface area (Å²) >= 11 is 0. The molecule has 3 aromatic rings. The quantitative estimate of drug-likeness (QED) is 0.269. The van der Waals surface area contributed by atoms with E-state index >= 15 is 0 Å². The number of hydrogen-bond acceptors (Lipinski definition) is 7. The number of nitrogens with zero attached hydrogens (tertiary/aromatic N) is 2. The van der Waals surface area contributed by atoms with Gasteiger partial charge in [0, 0.05) is 18.8 Å². The van der Waals surface area contributed by atoms with Gasteiger partial charge in [-0.2, -0.15) is 0 Å². The van der Waals surface area contributed by atoms with E-state index < -0.39 is 7.82 Å². The molecular formula is C22H23N2O5P. The lowest BCUT2D eigenvalue weighted by molar-refractivity contribution is 0.213. The van der Waals surface area contributed by atoms with Gasteiger partial charge in [0.1, 0.15) is 17.2 Å². The molecule has 0 unspecified atom stereocenters. The summed E-state index contributed by atoms with van der Waals surface area (Å²) in [6.07, 6.45) is 0. The molecular weight excluding hydrogens is 403 g/mol. The molecule has 3 aromatic carbocycles. The average Bonchev–Trinajstić information content (AvgIpc) is 2.78. The monoisotopic (exact) mass is 426 g/mol. The lowest BCUT2D eigenvalue weighted by Gasteiger charge is -2.24. The van der Waals surface area contributed by atoms with Gasteiger partial charge in [-0.15, -0.1) is 4.91 Å². The van der Waals surface area contributed by atoms with Crippen molar-refractivity contribution in [2.45, 2.75) is 6.92 Å². The summed E-state index contributed by atoms with van der Waals surface area (Å²) < 4.78 is 30.2. The molecule has 0 aliphatic heterocycles. The number of hydrogen-bond donors (Lipinski definition) is 0. The van der Waals surface area contributed by atoms with Crippen LogP contribution < -0.4 is 13.9 Å². The van der Waals surface area contributed by atoms with Crippen molar-refractivity contribution in [2.24, 2.45) is 5.18 Å². The molecule has 0 spiro atoms. The topological polar surface area (TPSA) is 77.4 Å². The summed E-state index contributed by atoms with van der Waals surface area (Å²) in [5.74, 6) is 0.780. The molecule has 156 valence electrons. The van der Waals surface area contributed by atoms with Crippen LogP contribution in [-0.2, 0) is 9.09 Å². The Morgan fingerprint density at radius 1 is 0.833 bits per heavy atom. The van der Waals surface area contributed by atoms with Gasteiger partial charge < -0.3 is 13.9 Å². The van der Waals surface area contributed by atoms with Crippen LogP contribution >= 0.6 is 7.82 Å². The van der Waals surface area contributed by atoms with Gasteiger partial charge in [0.25, 0.3) is 0 Å². The standard InChI is InChI=1S/C22H23N2O5P/c1-2-24(20-15-13-19(23-25)14-16-20)17-18-27-30(26,28-21-9-5-3-6-10-21)29-22-11-7-4-8-12-22/h3-16H,2,17-18H2,1H3. The molecule has 0 atom stereocenters. The fourth-order valence-corrected chi connectivity index (χ4v) is 3.96. The molecule has 0 fully saturated rings. The first kappa shape index (κ1) is 21.6. The number of anilines is 1. The SMILES string of the molecule is CCN(CCOP(=O)(Oc1ccccc1)Oc1ccccc1)c1ccc(N=O)cc1. The smallest absolute Gasteiger partial charge is 0.395 e. The van der Waals surface area contributed by atoms with Crippen LogP contribution in [0.4, 0.5) is 11.4 Å². The van der Waals surface area contributed by atoms with Crippen LogP contribution in [0.25, 0.3) is 0 Å². The predicted molar refractivity (Wildman–Crippen MR) is 117 cm³/mol. The Bertz CT molecular complexity index is 922. The van der Waals surface area contributed by atoms with E-state index in [0.717, 1.165) is 5.69 Å². The van der Waals surface area contributed by atoms with E-state index in [4.69, 9.17) is 13.6 Å². The summed E-state index contributed by atoms with van der Waals surface area (Å²) in [7, 11) is -3.92. The van der Waals surface area contributed by atoms with Gasteiger partial charge in [0.2, 0.25) is 0 Å². The normalized spacial score (nSPS) is 11.0. The minimum atomic E-state index is -3.92. The molecule has 0 saturated heterocycles. The second-order valence-corrected chi connectivity index (χ2v) is 7.79. The molecule has 3 rings (SSSR count). The molecule has 0 radical (unpaired) electrons. The highest BCUT2D eigenvalue weighted by Crippen LogP contribution is 2.49. The van der Waals surface area contributed by atoms with Crippen molar-refractivity contribution >= 4 is 19.2 Å². The number of likely N-dealkylation sites (N-methyl/N-ethyl adjacent to an activating group) is 1. The second-order valence-electron chi connectivity index (χ2n) is 6.28. The average molecular weight is 426 g/mol. The molecule has 0 heterocycles. The molecule has 0 bridgehead atoms. The third-order valence-corrected chi connectivity index (χ3v) is 5.60. The largest absolute Gasteiger partial charge is 0.587 e. The zero-order chi connectivity index (χ0) is 21.2. The highest BCUT2D eigenvalue weighted by Gasteiger charge is 2.31.